The number of rotatable bonds is 7. The third kappa shape index (κ3) is 5.72. The molecule has 12 heteroatoms. The maximum absolute atomic E-state index is 13.6. The van der Waals surface area contributed by atoms with Crippen molar-refractivity contribution < 1.29 is 32.7 Å². The number of carbonyl (C=O) groups excluding carboxylic acids is 2. The number of piperidine rings is 1. The summed E-state index contributed by atoms with van der Waals surface area (Å²) in [6, 6.07) is 9.07. The Labute approximate surface area is 196 Å². The second kappa shape index (κ2) is 10.1. The first-order chi connectivity index (χ1) is 15.9. The second-order valence-corrected chi connectivity index (χ2v) is 8.94. The van der Waals surface area contributed by atoms with Crippen molar-refractivity contribution in [1.82, 2.24) is 19.6 Å². The molecule has 0 atom stereocenters. The smallest absolute Gasteiger partial charge is 0.407 e. The molecule has 0 bridgehead atoms. The lowest BCUT2D eigenvalue weighted by molar-refractivity contribution is -0.162. The first kappa shape index (κ1) is 25.6. The van der Waals surface area contributed by atoms with Crippen LogP contribution >= 0.6 is 0 Å². The molecule has 0 aliphatic carbocycles. The van der Waals surface area contributed by atoms with Gasteiger partial charge in [-0.3, -0.25) is 9.59 Å². The Morgan fingerprint density at radius 2 is 1.71 bits per heavy atom. The zero-order chi connectivity index (χ0) is 25.1. The average molecular weight is 486 g/mol. The number of anilines is 1. The Morgan fingerprint density at radius 3 is 2.24 bits per heavy atom. The number of carboxylic acid groups (broad SMARTS) is 1. The molecule has 3 amide bonds. The summed E-state index contributed by atoms with van der Waals surface area (Å²) in [6.07, 6.45) is -5.17. The molecule has 34 heavy (non-hydrogen) atoms. The van der Waals surface area contributed by atoms with Gasteiger partial charge in [0.25, 0.3) is 5.91 Å². The summed E-state index contributed by atoms with van der Waals surface area (Å²) in [5.74, 6) is -1.14. The lowest BCUT2D eigenvalue weighted by atomic mass is 9.85. The highest BCUT2D eigenvalue weighted by Gasteiger charge is 2.54. The van der Waals surface area contributed by atoms with E-state index in [1.807, 2.05) is 23.1 Å². The van der Waals surface area contributed by atoms with E-state index in [-0.39, 0.29) is 51.6 Å². The normalized spacial score (nSPS) is 18.2. The van der Waals surface area contributed by atoms with Gasteiger partial charge in [-0.1, -0.05) is 18.2 Å². The van der Waals surface area contributed by atoms with E-state index >= 15 is 0 Å². The molecule has 2 aliphatic heterocycles. The van der Waals surface area contributed by atoms with Crippen LogP contribution in [0.3, 0.4) is 0 Å². The van der Waals surface area contributed by atoms with Crippen molar-refractivity contribution in [3.05, 3.63) is 30.3 Å². The molecule has 2 saturated heterocycles. The van der Waals surface area contributed by atoms with Gasteiger partial charge in [0.2, 0.25) is 5.91 Å². The van der Waals surface area contributed by atoms with Crippen LogP contribution in [0.15, 0.2) is 30.3 Å². The van der Waals surface area contributed by atoms with E-state index < -0.39 is 36.8 Å². The first-order valence-corrected chi connectivity index (χ1v) is 11.0. The molecule has 0 saturated carbocycles. The van der Waals surface area contributed by atoms with Gasteiger partial charge in [-0.2, -0.15) is 13.2 Å². The zero-order valence-corrected chi connectivity index (χ0v) is 19.3. The van der Waals surface area contributed by atoms with Crippen molar-refractivity contribution in [1.29, 1.82) is 0 Å². The fraction of sp³-hybridized carbons (Fsp3) is 0.591. The van der Waals surface area contributed by atoms with Crippen LogP contribution in [0.5, 0.6) is 0 Å². The molecule has 3 rings (SSSR count). The zero-order valence-electron chi connectivity index (χ0n) is 19.3. The van der Waals surface area contributed by atoms with Crippen LogP contribution in [-0.2, 0) is 9.59 Å². The Balaban J connectivity index is 1.82. The minimum Gasteiger partial charge on any atom is -0.465 e. The summed E-state index contributed by atoms with van der Waals surface area (Å²) >= 11 is 0. The number of halogens is 3. The highest BCUT2D eigenvalue weighted by atomic mass is 19.4. The fourth-order valence-corrected chi connectivity index (χ4v) is 4.48. The number of likely N-dealkylation sites (N-methyl/N-ethyl adjacent to an activating group) is 1. The van der Waals surface area contributed by atoms with Crippen LogP contribution in [0, 0.1) is 0 Å². The minimum atomic E-state index is -4.56. The van der Waals surface area contributed by atoms with E-state index in [2.05, 4.69) is 0 Å². The SMILES string of the molecule is CN(C)CCN(CC(F)(F)F)C(=O)CN1CN(c2ccccc2)C2(CCN(C(=O)O)CC2)C1=O. The predicted octanol–water partition coefficient (Wildman–Crippen LogP) is 1.76. The number of hydrogen-bond donors (Lipinski definition) is 1. The van der Waals surface area contributed by atoms with Gasteiger partial charge < -0.3 is 29.6 Å². The highest BCUT2D eigenvalue weighted by Crippen LogP contribution is 2.39. The Morgan fingerprint density at radius 1 is 1.09 bits per heavy atom. The molecule has 0 unspecified atom stereocenters. The summed E-state index contributed by atoms with van der Waals surface area (Å²) in [5, 5.41) is 9.30. The van der Waals surface area contributed by atoms with Crippen molar-refractivity contribution in [2.24, 2.45) is 0 Å². The van der Waals surface area contributed by atoms with Crippen LogP contribution in [0.4, 0.5) is 23.7 Å². The largest absolute Gasteiger partial charge is 0.465 e. The molecule has 1 spiro atoms. The number of amides is 3. The molecular weight excluding hydrogens is 455 g/mol. The highest BCUT2D eigenvalue weighted by molar-refractivity contribution is 5.96. The first-order valence-electron chi connectivity index (χ1n) is 11.0. The minimum absolute atomic E-state index is 0.0369. The quantitative estimate of drug-likeness (QED) is 0.634. The Hall–Kier alpha value is -3.02. The third-order valence-corrected chi connectivity index (χ3v) is 6.31. The molecule has 1 N–H and O–H groups in total. The van der Waals surface area contributed by atoms with Crippen LogP contribution in [0.2, 0.25) is 0 Å². The molecule has 2 fully saturated rings. The van der Waals surface area contributed by atoms with E-state index in [0.29, 0.717) is 0 Å². The molecule has 188 valence electrons. The Bertz CT molecular complexity index is 888. The number of alkyl halides is 3. The number of nitrogens with zero attached hydrogens (tertiary/aromatic N) is 5. The second-order valence-electron chi connectivity index (χ2n) is 8.94. The van der Waals surface area contributed by atoms with Gasteiger partial charge in [-0.05, 0) is 39.1 Å². The number of hydrogen-bond acceptors (Lipinski definition) is 5. The van der Waals surface area contributed by atoms with Crippen molar-refractivity contribution in [3.63, 3.8) is 0 Å². The van der Waals surface area contributed by atoms with E-state index in [1.165, 1.54) is 9.80 Å². The summed E-state index contributed by atoms with van der Waals surface area (Å²) < 4.78 is 39.3. The van der Waals surface area contributed by atoms with Gasteiger partial charge in [0, 0.05) is 31.9 Å². The molecule has 0 radical (unpaired) electrons. The van der Waals surface area contributed by atoms with E-state index in [0.717, 1.165) is 10.6 Å². The number of benzene rings is 1. The van der Waals surface area contributed by atoms with Gasteiger partial charge in [0.15, 0.2) is 0 Å². The number of para-hydroxylation sites is 1. The summed E-state index contributed by atoms with van der Waals surface area (Å²) in [4.78, 5) is 44.6. The van der Waals surface area contributed by atoms with Crippen LogP contribution in [0.25, 0.3) is 0 Å². The monoisotopic (exact) mass is 485 g/mol. The summed E-state index contributed by atoms with van der Waals surface area (Å²) in [7, 11) is 3.40. The van der Waals surface area contributed by atoms with Crippen LogP contribution in [0.1, 0.15) is 12.8 Å². The van der Waals surface area contributed by atoms with Crippen LogP contribution < -0.4 is 4.90 Å². The number of carbonyl (C=O) groups is 3. The lowest BCUT2D eigenvalue weighted by Gasteiger charge is -2.42. The van der Waals surface area contributed by atoms with Gasteiger partial charge in [0.05, 0.1) is 6.67 Å². The molecule has 0 aromatic heterocycles. The van der Waals surface area contributed by atoms with Gasteiger partial charge >= 0.3 is 12.3 Å². The standard InChI is InChI=1S/C22H30F3N5O4/c1-26(2)12-13-28(15-22(23,24)25)18(31)14-29-16-30(17-6-4-3-5-7-17)21(19(29)32)8-10-27(11-9-21)20(33)34/h3-7H,8-16H2,1-2H3,(H,33,34). The van der Waals surface area contributed by atoms with Gasteiger partial charge in [-0.15, -0.1) is 0 Å². The fourth-order valence-electron chi connectivity index (χ4n) is 4.48. The van der Waals surface area contributed by atoms with E-state index in [9.17, 15) is 32.7 Å². The maximum Gasteiger partial charge on any atom is 0.407 e. The molecule has 9 nitrogen and oxygen atoms in total. The molecule has 1 aromatic rings. The average Bonchev–Trinajstić information content (AvgIpc) is 3.02. The molecule has 1 aromatic carbocycles. The summed E-state index contributed by atoms with van der Waals surface area (Å²) in [6.45, 7) is -1.39. The van der Waals surface area contributed by atoms with Gasteiger partial charge in [0.1, 0.15) is 18.6 Å². The van der Waals surface area contributed by atoms with Crippen molar-refractivity contribution in [3.8, 4) is 0 Å². The predicted molar refractivity (Wildman–Crippen MR) is 118 cm³/mol. The van der Waals surface area contributed by atoms with Crippen molar-refractivity contribution in [2.75, 3.05) is 64.9 Å². The number of likely N-dealkylation sites (tertiary alicyclic amines) is 1. The van der Waals surface area contributed by atoms with E-state index in [4.69, 9.17) is 0 Å². The van der Waals surface area contributed by atoms with Crippen molar-refractivity contribution in [2.45, 2.75) is 24.6 Å². The lowest BCUT2D eigenvalue weighted by Crippen LogP contribution is -2.57. The Kier molecular flexibility index (Phi) is 7.59. The third-order valence-electron chi connectivity index (χ3n) is 6.31. The summed E-state index contributed by atoms with van der Waals surface area (Å²) in [5.41, 5.74) is -0.319. The topological polar surface area (TPSA) is 87.6 Å². The maximum atomic E-state index is 13.6. The van der Waals surface area contributed by atoms with Crippen molar-refractivity contribution >= 4 is 23.6 Å². The van der Waals surface area contributed by atoms with Crippen LogP contribution in [-0.4, -0.2) is 114 Å². The molecular formula is C22H30F3N5O4. The molecule has 2 aliphatic rings. The van der Waals surface area contributed by atoms with Gasteiger partial charge in [-0.25, -0.2) is 4.79 Å². The molecule has 2 heterocycles. The van der Waals surface area contributed by atoms with E-state index in [1.54, 1.807) is 31.1 Å².